The Morgan fingerprint density at radius 1 is 1.10 bits per heavy atom. The minimum atomic E-state index is 0. The number of nitrogens with one attached hydrogen (secondary N) is 2. The quantitative estimate of drug-likeness (QED) is 0.242. The first-order valence-corrected chi connectivity index (χ1v) is 7.57. The van der Waals surface area contributed by atoms with Gasteiger partial charge in [0.05, 0.1) is 26.4 Å². The number of unbranched alkanes of at least 4 members (excludes halogenated alkanes) is 1. The molecule has 0 atom stereocenters. The summed E-state index contributed by atoms with van der Waals surface area (Å²) in [6, 6.07) is 0.630. The third-order valence-electron chi connectivity index (χ3n) is 2.78. The molecule has 0 aromatic rings. The lowest BCUT2D eigenvalue weighted by Gasteiger charge is -2.10. The number of hydrogen-bond donors (Lipinski definition) is 2. The van der Waals surface area contributed by atoms with E-state index in [0.717, 1.165) is 25.5 Å². The molecule has 120 valence electrons. The number of ether oxygens (including phenoxy) is 2. The SMILES string of the molecule is CCCCOCCOCCN=C(NCC)NC1CC1.I. The van der Waals surface area contributed by atoms with Crippen molar-refractivity contribution < 1.29 is 9.47 Å². The largest absolute Gasteiger partial charge is 0.379 e. The lowest BCUT2D eigenvalue weighted by molar-refractivity contribution is 0.0497. The average Bonchev–Trinajstić information content (AvgIpc) is 3.21. The molecule has 0 heterocycles. The third-order valence-corrected chi connectivity index (χ3v) is 2.78. The molecule has 1 fully saturated rings. The Balaban J connectivity index is 0.00000361. The highest BCUT2D eigenvalue weighted by Crippen LogP contribution is 2.18. The summed E-state index contributed by atoms with van der Waals surface area (Å²) in [5.41, 5.74) is 0. The summed E-state index contributed by atoms with van der Waals surface area (Å²) in [5.74, 6) is 0.910. The number of hydrogen-bond acceptors (Lipinski definition) is 3. The van der Waals surface area contributed by atoms with Gasteiger partial charge < -0.3 is 20.1 Å². The second-order valence-electron chi connectivity index (χ2n) is 4.76. The van der Waals surface area contributed by atoms with Crippen LogP contribution in [0.1, 0.15) is 39.5 Å². The summed E-state index contributed by atoms with van der Waals surface area (Å²) in [6.45, 7) is 8.66. The van der Waals surface area contributed by atoms with E-state index in [1.807, 2.05) is 0 Å². The maximum Gasteiger partial charge on any atom is 0.191 e. The van der Waals surface area contributed by atoms with Crippen molar-refractivity contribution in [2.75, 3.05) is 39.5 Å². The van der Waals surface area contributed by atoms with Crippen molar-refractivity contribution in [1.82, 2.24) is 10.6 Å². The molecule has 0 saturated heterocycles. The number of halogens is 1. The van der Waals surface area contributed by atoms with Gasteiger partial charge >= 0.3 is 0 Å². The molecule has 2 N–H and O–H groups in total. The van der Waals surface area contributed by atoms with Crippen LogP contribution in [0.15, 0.2) is 4.99 Å². The molecule has 0 aromatic carbocycles. The summed E-state index contributed by atoms with van der Waals surface area (Å²) in [6.07, 6.45) is 4.83. The minimum Gasteiger partial charge on any atom is -0.379 e. The third kappa shape index (κ3) is 11.7. The molecule has 5 nitrogen and oxygen atoms in total. The smallest absolute Gasteiger partial charge is 0.191 e. The van der Waals surface area contributed by atoms with E-state index in [0.29, 0.717) is 32.4 Å². The molecule has 1 aliphatic rings. The van der Waals surface area contributed by atoms with Crippen molar-refractivity contribution in [3.8, 4) is 0 Å². The molecule has 1 rings (SSSR count). The Morgan fingerprint density at radius 3 is 2.40 bits per heavy atom. The normalized spacial score (nSPS) is 14.8. The van der Waals surface area contributed by atoms with E-state index < -0.39 is 0 Å². The zero-order chi connectivity index (χ0) is 13.8. The molecule has 0 unspecified atom stereocenters. The van der Waals surface area contributed by atoms with E-state index in [1.54, 1.807) is 0 Å². The van der Waals surface area contributed by atoms with Gasteiger partial charge in [0.15, 0.2) is 5.96 Å². The molecular formula is C14H30IN3O2. The van der Waals surface area contributed by atoms with Crippen LogP contribution < -0.4 is 10.6 Å². The highest BCUT2D eigenvalue weighted by Gasteiger charge is 2.21. The monoisotopic (exact) mass is 399 g/mol. The Kier molecular flexibility index (Phi) is 13.8. The lowest BCUT2D eigenvalue weighted by atomic mass is 10.4. The van der Waals surface area contributed by atoms with Gasteiger partial charge in [-0.15, -0.1) is 24.0 Å². The molecule has 1 aliphatic carbocycles. The Hall–Kier alpha value is -0.0800. The molecule has 1 saturated carbocycles. The van der Waals surface area contributed by atoms with Gasteiger partial charge in [-0.2, -0.15) is 0 Å². The van der Waals surface area contributed by atoms with Crippen LogP contribution in [0.2, 0.25) is 0 Å². The predicted molar refractivity (Wildman–Crippen MR) is 94.1 cm³/mol. The molecular weight excluding hydrogens is 369 g/mol. The topological polar surface area (TPSA) is 54.9 Å². The molecule has 6 heteroatoms. The van der Waals surface area contributed by atoms with Crippen molar-refractivity contribution in [2.45, 2.75) is 45.6 Å². The molecule has 0 aromatic heterocycles. The van der Waals surface area contributed by atoms with E-state index in [4.69, 9.17) is 9.47 Å². The second kappa shape index (κ2) is 13.9. The number of nitrogens with zero attached hydrogens (tertiary/aromatic N) is 1. The molecule has 0 amide bonds. The highest BCUT2D eigenvalue weighted by molar-refractivity contribution is 14.0. The molecule has 0 aliphatic heterocycles. The number of aliphatic imine (C=N–C) groups is 1. The van der Waals surface area contributed by atoms with Gasteiger partial charge in [-0.25, -0.2) is 0 Å². The van der Waals surface area contributed by atoms with Crippen LogP contribution in [-0.2, 0) is 9.47 Å². The van der Waals surface area contributed by atoms with E-state index in [1.165, 1.54) is 19.3 Å². The van der Waals surface area contributed by atoms with Gasteiger partial charge in [-0.1, -0.05) is 13.3 Å². The fraction of sp³-hybridized carbons (Fsp3) is 0.929. The Labute approximate surface area is 140 Å². The summed E-state index contributed by atoms with van der Waals surface area (Å²) in [4.78, 5) is 4.47. The Bertz CT molecular complexity index is 249. The van der Waals surface area contributed by atoms with Crippen LogP contribution in [-0.4, -0.2) is 51.5 Å². The fourth-order valence-corrected chi connectivity index (χ4v) is 1.53. The van der Waals surface area contributed by atoms with Crippen molar-refractivity contribution in [3.05, 3.63) is 0 Å². The Morgan fingerprint density at radius 2 is 1.80 bits per heavy atom. The summed E-state index contributed by atoms with van der Waals surface area (Å²) < 4.78 is 10.9. The van der Waals surface area contributed by atoms with Crippen LogP contribution >= 0.6 is 24.0 Å². The maximum atomic E-state index is 5.48. The predicted octanol–water partition coefficient (Wildman–Crippen LogP) is 2.16. The van der Waals surface area contributed by atoms with Crippen molar-refractivity contribution in [3.63, 3.8) is 0 Å². The van der Waals surface area contributed by atoms with Crippen LogP contribution in [0, 0.1) is 0 Å². The van der Waals surface area contributed by atoms with Crippen molar-refractivity contribution in [2.24, 2.45) is 4.99 Å². The van der Waals surface area contributed by atoms with Gasteiger partial charge in [0, 0.05) is 19.2 Å². The molecule has 20 heavy (non-hydrogen) atoms. The van der Waals surface area contributed by atoms with Crippen LogP contribution in [0.4, 0.5) is 0 Å². The first kappa shape index (κ1) is 19.9. The molecule has 0 spiro atoms. The van der Waals surface area contributed by atoms with E-state index in [-0.39, 0.29) is 24.0 Å². The highest BCUT2D eigenvalue weighted by atomic mass is 127. The summed E-state index contributed by atoms with van der Waals surface area (Å²) in [7, 11) is 0. The van der Waals surface area contributed by atoms with E-state index in [2.05, 4.69) is 29.5 Å². The van der Waals surface area contributed by atoms with Crippen molar-refractivity contribution in [1.29, 1.82) is 0 Å². The lowest BCUT2D eigenvalue weighted by Crippen LogP contribution is -2.38. The first-order chi connectivity index (χ1) is 9.36. The van der Waals surface area contributed by atoms with Gasteiger partial charge in [0.2, 0.25) is 0 Å². The van der Waals surface area contributed by atoms with Gasteiger partial charge in [-0.3, -0.25) is 4.99 Å². The maximum absolute atomic E-state index is 5.48. The van der Waals surface area contributed by atoms with Crippen LogP contribution in [0.25, 0.3) is 0 Å². The van der Waals surface area contributed by atoms with Crippen LogP contribution in [0.3, 0.4) is 0 Å². The standard InChI is InChI=1S/C14H29N3O2.HI/c1-3-5-9-18-11-12-19-10-8-16-14(15-4-2)17-13-6-7-13;/h13H,3-12H2,1-2H3,(H2,15,16,17);1H. The average molecular weight is 399 g/mol. The minimum absolute atomic E-state index is 0. The van der Waals surface area contributed by atoms with Gasteiger partial charge in [0.1, 0.15) is 0 Å². The van der Waals surface area contributed by atoms with Gasteiger partial charge in [0.25, 0.3) is 0 Å². The fourth-order valence-electron chi connectivity index (χ4n) is 1.53. The molecule has 0 bridgehead atoms. The van der Waals surface area contributed by atoms with Crippen LogP contribution in [0.5, 0.6) is 0 Å². The molecule has 0 radical (unpaired) electrons. The summed E-state index contributed by atoms with van der Waals surface area (Å²) >= 11 is 0. The summed E-state index contributed by atoms with van der Waals surface area (Å²) in [5, 5.41) is 6.61. The number of guanidine groups is 1. The second-order valence-corrected chi connectivity index (χ2v) is 4.76. The van der Waals surface area contributed by atoms with E-state index in [9.17, 15) is 0 Å². The zero-order valence-corrected chi connectivity index (χ0v) is 15.2. The zero-order valence-electron chi connectivity index (χ0n) is 12.8. The van der Waals surface area contributed by atoms with Crippen molar-refractivity contribution >= 4 is 29.9 Å². The first-order valence-electron chi connectivity index (χ1n) is 7.57. The van der Waals surface area contributed by atoms with E-state index >= 15 is 0 Å². The number of rotatable bonds is 11. The van der Waals surface area contributed by atoms with Gasteiger partial charge in [-0.05, 0) is 26.2 Å².